The van der Waals surface area contributed by atoms with Gasteiger partial charge in [0.1, 0.15) is 0 Å². The molecular formula is C31H50O5. The second kappa shape index (κ2) is 12.4. The lowest BCUT2D eigenvalue weighted by Gasteiger charge is -2.44. The van der Waals surface area contributed by atoms with E-state index in [4.69, 9.17) is 4.74 Å². The van der Waals surface area contributed by atoms with Crippen LogP contribution >= 0.6 is 0 Å². The van der Waals surface area contributed by atoms with Crippen molar-refractivity contribution in [2.75, 3.05) is 6.61 Å². The van der Waals surface area contributed by atoms with Crippen molar-refractivity contribution in [3.63, 3.8) is 0 Å². The summed E-state index contributed by atoms with van der Waals surface area (Å²) in [4.78, 5) is 12.5. The van der Waals surface area contributed by atoms with E-state index >= 15 is 0 Å². The van der Waals surface area contributed by atoms with Crippen LogP contribution in [-0.4, -0.2) is 46.2 Å². The summed E-state index contributed by atoms with van der Waals surface area (Å²) in [6.45, 7) is 10.7. The Hall–Kier alpha value is -1.43. The molecule has 0 saturated heterocycles. The van der Waals surface area contributed by atoms with Gasteiger partial charge in [0.25, 0.3) is 0 Å². The summed E-state index contributed by atoms with van der Waals surface area (Å²) >= 11 is 0. The number of hydrogen-bond acceptors (Lipinski definition) is 5. The van der Waals surface area contributed by atoms with Crippen LogP contribution < -0.4 is 0 Å². The Morgan fingerprint density at radius 1 is 1.17 bits per heavy atom. The number of carbonyl (C=O) groups is 1. The summed E-state index contributed by atoms with van der Waals surface area (Å²) in [6, 6.07) is 0. The van der Waals surface area contributed by atoms with Crippen LogP contribution in [0.5, 0.6) is 0 Å². The van der Waals surface area contributed by atoms with Gasteiger partial charge in [-0.2, -0.15) is 0 Å². The first-order valence-electron chi connectivity index (χ1n) is 14.3. The first kappa shape index (κ1) is 29.1. The number of unbranched alkanes of at least 4 members (excludes halogenated alkanes) is 1. The lowest BCUT2D eigenvalue weighted by Crippen LogP contribution is -2.38. The minimum Gasteiger partial charge on any atom is -0.465 e. The van der Waals surface area contributed by atoms with E-state index in [2.05, 4.69) is 39.0 Å². The zero-order chi connectivity index (χ0) is 26.5. The number of hydrogen-bond donors (Lipinski definition) is 3. The van der Waals surface area contributed by atoms with Gasteiger partial charge >= 0.3 is 5.97 Å². The summed E-state index contributed by atoms with van der Waals surface area (Å²) in [5.74, 6) is 1.04. The normalized spacial score (nSPS) is 34.0. The van der Waals surface area contributed by atoms with Crippen molar-refractivity contribution < 1.29 is 24.9 Å². The van der Waals surface area contributed by atoms with Crippen LogP contribution in [0.2, 0.25) is 0 Å². The van der Waals surface area contributed by atoms with Crippen LogP contribution in [0.1, 0.15) is 98.8 Å². The van der Waals surface area contributed by atoms with Gasteiger partial charge in [0.15, 0.2) is 0 Å². The van der Waals surface area contributed by atoms with Gasteiger partial charge in [-0.15, -0.1) is 0 Å². The summed E-state index contributed by atoms with van der Waals surface area (Å²) in [7, 11) is 0. The van der Waals surface area contributed by atoms with Crippen molar-refractivity contribution in [3.8, 4) is 0 Å². The van der Waals surface area contributed by atoms with Crippen molar-refractivity contribution in [1.82, 2.24) is 0 Å². The van der Waals surface area contributed by atoms with Gasteiger partial charge in [0, 0.05) is 0 Å². The SMILES string of the molecule is CCCCOC(=O)C(C)(C)[C@H](O)/C=C/[C@@H](C)[C@H]1CC[C@H]2/C(=C/C=C3C[C@@H](O)C[C@H](O)C3)CCC[C@]12C. The third-order valence-corrected chi connectivity index (χ3v) is 9.34. The third-order valence-electron chi connectivity index (χ3n) is 9.34. The van der Waals surface area contributed by atoms with E-state index in [0.717, 1.165) is 31.3 Å². The highest BCUT2D eigenvalue weighted by Gasteiger charge is 2.50. The Bertz CT molecular complexity index is 828. The summed E-state index contributed by atoms with van der Waals surface area (Å²) < 4.78 is 5.38. The van der Waals surface area contributed by atoms with E-state index < -0.39 is 23.7 Å². The lowest BCUT2D eigenvalue weighted by molar-refractivity contribution is -0.158. The third kappa shape index (κ3) is 6.71. The summed E-state index contributed by atoms with van der Waals surface area (Å²) in [5, 5.41) is 30.9. The molecule has 5 nitrogen and oxygen atoms in total. The van der Waals surface area contributed by atoms with Crippen molar-refractivity contribution in [3.05, 3.63) is 35.5 Å². The van der Waals surface area contributed by atoms with Crippen molar-refractivity contribution in [1.29, 1.82) is 0 Å². The number of aliphatic hydroxyl groups excluding tert-OH is 3. The first-order valence-corrected chi connectivity index (χ1v) is 14.3. The number of fused-ring (bicyclic) bond motifs is 1. The highest BCUT2D eigenvalue weighted by Crippen LogP contribution is 2.59. The van der Waals surface area contributed by atoms with Gasteiger partial charge < -0.3 is 20.1 Å². The molecule has 3 saturated carbocycles. The molecule has 0 aliphatic heterocycles. The first-order chi connectivity index (χ1) is 17.0. The van der Waals surface area contributed by atoms with E-state index in [1.807, 2.05) is 6.08 Å². The highest BCUT2D eigenvalue weighted by molar-refractivity contribution is 5.77. The molecule has 0 spiro atoms. The van der Waals surface area contributed by atoms with Crippen molar-refractivity contribution in [2.45, 2.75) is 117 Å². The molecule has 0 unspecified atom stereocenters. The van der Waals surface area contributed by atoms with Gasteiger partial charge in [-0.05, 0) is 94.8 Å². The summed E-state index contributed by atoms with van der Waals surface area (Å²) in [6.07, 6.45) is 16.1. The fourth-order valence-electron chi connectivity index (χ4n) is 6.94. The maximum absolute atomic E-state index is 12.5. The smallest absolute Gasteiger partial charge is 0.314 e. The van der Waals surface area contributed by atoms with E-state index in [1.54, 1.807) is 13.8 Å². The molecule has 0 heterocycles. The quantitative estimate of drug-likeness (QED) is 0.208. The van der Waals surface area contributed by atoms with Crippen LogP contribution in [0.25, 0.3) is 0 Å². The molecule has 0 aromatic heterocycles. The predicted octanol–water partition coefficient (Wildman–Crippen LogP) is 5.88. The van der Waals surface area contributed by atoms with Gasteiger partial charge in [0.05, 0.1) is 30.3 Å². The van der Waals surface area contributed by atoms with E-state index in [9.17, 15) is 20.1 Å². The highest BCUT2D eigenvalue weighted by atomic mass is 16.5. The molecule has 3 rings (SSSR count). The Balaban J connectivity index is 1.66. The van der Waals surface area contributed by atoms with E-state index in [-0.39, 0.29) is 11.4 Å². The van der Waals surface area contributed by atoms with Crippen LogP contribution in [0, 0.1) is 28.6 Å². The Kier molecular flexibility index (Phi) is 10.0. The maximum atomic E-state index is 12.5. The van der Waals surface area contributed by atoms with Crippen LogP contribution in [0.4, 0.5) is 0 Å². The number of allylic oxidation sites excluding steroid dienone is 4. The Morgan fingerprint density at radius 3 is 2.53 bits per heavy atom. The van der Waals surface area contributed by atoms with Crippen LogP contribution in [-0.2, 0) is 9.53 Å². The summed E-state index contributed by atoms with van der Waals surface area (Å²) in [5.41, 5.74) is 1.91. The molecule has 0 aromatic carbocycles. The topological polar surface area (TPSA) is 87.0 Å². The maximum Gasteiger partial charge on any atom is 0.314 e. The molecule has 3 fully saturated rings. The molecule has 3 aliphatic carbocycles. The zero-order valence-electron chi connectivity index (χ0n) is 23.2. The molecule has 3 N–H and O–H groups in total. The molecule has 0 bridgehead atoms. The average molecular weight is 503 g/mol. The van der Waals surface area contributed by atoms with E-state index in [0.29, 0.717) is 43.6 Å². The minimum atomic E-state index is -0.972. The van der Waals surface area contributed by atoms with Crippen LogP contribution in [0.15, 0.2) is 35.5 Å². The molecule has 5 heteroatoms. The van der Waals surface area contributed by atoms with Gasteiger partial charge in [-0.3, -0.25) is 4.79 Å². The monoisotopic (exact) mass is 502 g/mol. The van der Waals surface area contributed by atoms with Gasteiger partial charge in [-0.25, -0.2) is 0 Å². The minimum absolute atomic E-state index is 0.220. The standard InChI is InChI=1S/C31H50O5/c1-6-7-17-36-29(35)30(3,4)28(34)15-10-21(2)26-13-14-27-23(9-8-16-31(26,27)5)12-11-22-18-24(32)20-25(33)19-22/h10-12,15,21,24-28,32-34H,6-9,13-14,16-20H2,1-5H3/b15-10+,23-12+/t21-,24-,25-,26-,27+,28-,31-/m1/s1. The molecule has 0 radical (unpaired) electrons. The number of aliphatic hydroxyl groups is 3. The van der Waals surface area contributed by atoms with Crippen LogP contribution in [0.3, 0.4) is 0 Å². The number of esters is 1. The average Bonchev–Trinajstić information content (AvgIpc) is 3.18. The number of rotatable bonds is 9. The molecule has 0 amide bonds. The molecule has 36 heavy (non-hydrogen) atoms. The number of carbonyl (C=O) groups excluding carboxylic acids is 1. The lowest BCUT2D eigenvalue weighted by atomic mass is 9.61. The van der Waals surface area contributed by atoms with Crippen molar-refractivity contribution >= 4 is 5.97 Å². The second-order valence-electron chi connectivity index (χ2n) is 12.5. The van der Waals surface area contributed by atoms with Gasteiger partial charge in [-0.1, -0.05) is 62.6 Å². The molecule has 3 aliphatic rings. The van der Waals surface area contributed by atoms with E-state index in [1.165, 1.54) is 24.8 Å². The predicted molar refractivity (Wildman–Crippen MR) is 144 cm³/mol. The molecule has 0 aromatic rings. The second-order valence-corrected chi connectivity index (χ2v) is 12.5. The fraction of sp³-hybridized carbons (Fsp3) is 0.774. The molecule has 204 valence electrons. The van der Waals surface area contributed by atoms with Crippen molar-refractivity contribution in [2.24, 2.45) is 28.6 Å². The molecular weight excluding hydrogens is 452 g/mol. The largest absolute Gasteiger partial charge is 0.465 e. The Labute approximate surface area is 218 Å². The fourth-order valence-corrected chi connectivity index (χ4v) is 6.94. The molecule has 7 atom stereocenters. The Morgan fingerprint density at radius 2 is 1.86 bits per heavy atom. The zero-order valence-corrected chi connectivity index (χ0v) is 23.2. The number of ether oxygens (including phenoxy) is 1. The van der Waals surface area contributed by atoms with Gasteiger partial charge in [0.2, 0.25) is 0 Å².